The van der Waals surface area contributed by atoms with Crippen LogP contribution in [0.3, 0.4) is 0 Å². The Labute approximate surface area is 110 Å². The van der Waals surface area contributed by atoms with Crippen molar-refractivity contribution in [1.82, 2.24) is 10.2 Å². The molecule has 1 aromatic heterocycles. The predicted molar refractivity (Wildman–Crippen MR) is 70.6 cm³/mol. The van der Waals surface area contributed by atoms with E-state index in [9.17, 15) is 4.79 Å². The number of hydrogen-bond donors (Lipinski definition) is 1. The first-order valence-electron chi connectivity index (χ1n) is 5.74. The minimum Gasteiger partial charge on any atom is -0.452 e. The molecule has 1 heterocycles. The Hall–Kier alpha value is -0.810. The number of nitrogens with one attached hydrogen (secondary N) is 1. The van der Waals surface area contributed by atoms with Crippen molar-refractivity contribution in [2.24, 2.45) is 5.92 Å². The van der Waals surface area contributed by atoms with Crippen LogP contribution in [0.5, 0.6) is 0 Å². The normalized spacial score (nSPS) is 12.5. The van der Waals surface area contributed by atoms with Crippen molar-refractivity contribution in [2.45, 2.75) is 20.4 Å². The van der Waals surface area contributed by atoms with Gasteiger partial charge in [0.25, 0.3) is 0 Å². The molecule has 0 radical (unpaired) electrons. The van der Waals surface area contributed by atoms with Gasteiger partial charge in [0.15, 0.2) is 4.67 Å². The van der Waals surface area contributed by atoms with Gasteiger partial charge in [-0.2, -0.15) is 0 Å². The largest absolute Gasteiger partial charge is 0.452 e. The molecule has 0 bridgehead atoms. The summed E-state index contributed by atoms with van der Waals surface area (Å²) in [6.45, 7) is 6.05. The summed E-state index contributed by atoms with van der Waals surface area (Å²) in [5, 5.41) is 3.17. The molecular formula is C12H19BrN2O2. The third kappa shape index (κ3) is 4.52. The zero-order valence-corrected chi connectivity index (χ0v) is 12.1. The second kappa shape index (κ2) is 6.81. The van der Waals surface area contributed by atoms with Crippen LogP contribution >= 0.6 is 15.9 Å². The van der Waals surface area contributed by atoms with Gasteiger partial charge in [0.2, 0.25) is 5.91 Å². The highest BCUT2D eigenvalue weighted by atomic mass is 79.9. The van der Waals surface area contributed by atoms with E-state index in [1.807, 2.05) is 26.0 Å². The first-order chi connectivity index (χ1) is 8.04. The number of furan rings is 1. The van der Waals surface area contributed by atoms with Gasteiger partial charge in [-0.1, -0.05) is 13.8 Å². The highest BCUT2D eigenvalue weighted by Crippen LogP contribution is 2.15. The van der Waals surface area contributed by atoms with Gasteiger partial charge < -0.3 is 14.6 Å². The minimum absolute atomic E-state index is 0.0154. The smallest absolute Gasteiger partial charge is 0.226 e. The molecule has 0 aliphatic carbocycles. The Morgan fingerprint density at radius 1 is 1.59 bits per heavy atom. The number of carbonyl (C=O) groups excluding carboxylic acids is 1. The molecule has 1 aromatic rings. The van der Waals surface area contributed by atoms with Gasteiger partial charge >= 0.3 is 0 Å². The molecule has 0 aliphatic heterocycles. The van der Waals surface area contributed by atoms with Crippen LogP contribution in [0.1, 0.15) is 19.6 Å². The van der Waals surface area contributed by atoms with E-state index in [-0.39, 0.29) is 11.8 Å². The molecular weight excluding hydrogens is 284 g/mol. The number of nitrogens with zero attached hydrogens (tertiary/aromatic N) is 1. The van der Waals surface area contributed by atoms with Gasteiger partial charge in [0.1, 0.15) is 5.76 Å². The average Bonchev–Trinajstić information content (AvgIpc) is 2.70. The molecule has 1 unspecified atom stereocenters. The number of rotatable bonds is 6. The highest BCUT2D eigenvalue weighted by Gasteiger charge is 2.17. The minimum atomic E-state index is -0.0154. The molecule has 1 atom stereocenters. The fourth-order valence-electron chi connectivity index (χ4n) is 1.57. The first-order valence-corrected chi connectivity index (χ1v) is 6.53. The van der Waals surface area contributed by atoms with Crippen molar-refractivity contribution in [3.05, 3.63) is 22.6 Å². The Morgan fingerprint density at radius 3 is 2.82 bits per heavy atom. The topological polar surface area (TPSA) is 45.5 Å². The SMILES string of the molecule is CCNCC(C)C(=O)N(C)Cc1ccc(Br)o1. The second-order valence-corrected chi connectivity index (χ2v) is 4.89. The zero-order valence-electron chi connectivity index (χ0n) is 10.5. The molecule has 0 fully saturated rings. The fourth-order valence-corrected chi connectivity index (χ4v) is 1.91. The lowest BCUT2D eigenvalue weighted by atomic mass is 10.1. The number of amides is 1. The zero-order chi connectivity index (χ0) is 12.8. The Bertz CT molecular complexity index is 365. The van der Waals surface area contributed by atoms with Crippen molar-refractivity contribution < 1.29 is 9.21 Å². The number of carbonyl (C=O) groups is 1. The van der Waals surface area contributed by atoms with Gasteiger partial charge in [-0.05, 0) is 34.6 Å². The second-order valence-electron chi connectivity index (χ2n) is 4.11. The summed E-state index contributed by atoms with van der Waals surface area (Å²) in [5.74, 6) is 0.889. The van der Waals surface area contributed by atoms with Crippen LogP contribution in [0, 0.1) is 5.92 Å². The molecule has 17 heavy (non-hydrogen) atoms. The van der Waals surface area contributed by atoms with Gasteiger partial charge in [-0.3, -0.25) is 4.79 Å². The van der Waals surface area contributed by atoms with Crippen LogP contribution in [0.25, 0.3) is 0 Å². The molecule has 5 heteroatoms. The molecule has 0 saturated carbocycles. The lowest BCUT2D eigenvalue weighted by molar-refractivity contribution is -0.134. The molecule has 0 saturated heterocycles. The van der Waals surface area contributed by atoms with Crippen LogP contribution in [0.2, 0.25) is 0 Å². The summed E-state index contributed by atoms with van der Waals surface area (Å²) in [7, 11) is 1.79. The third-order valence-corrected chi connectivity index (χ3v) is 2.95. The highest BCUT2D eigenvalue weighted by molar-refractivity contribution is 9.10. The van der Waals surface area contributed by atoms with E-state index in [0.717, 1.165) is 12.3 Å². The summed E-state index contributed by atoms with van der Waals surface area (Å²) in [4.78, 5) is 13.7. The van der Waals surface area contributed by atoms with E-state index in [0.29, 0.717) is 17.8 Å². The average molecular weight is 303 g/mol. The van der Waals surface area contributed by atoms with Crippen LogP contribution in [-0.4, -0.2) is 30.9 Å². The van der Waals surface area contributed by atoms with Crippen molar-refractivity contribution in [2.75, 3.05) is 20.1 Å². The van der Waals surface area contributed by atoms with Crippen molar-refractivity contribution in [3.63, 3.8) is 0 Å². The van der Waals surface area contributed by atoms with Crippen molar-refractivity contribution in [3.8, 4) is 0 Å². The standard InChI is InChI=1S/C12H19BrN2O2/c1-4-14-7-9(2)12(16)15(3)8-10-5-6-11(13)17-10/h5-6,9,14H,4,7-8H2,1-3H3. The summed E-state index contributed by atoms with van der Waals surface area (Å²) < 4.78 is 6.06. The maximum atomic E-state index is 12.0. The first kappa shape index (κ1) is 14.3. The molecule has 1 rings (SSSR count). The molecule has 1 amide bonds. The predicted octanol–water partition coefficient (Wildman–Crippen LogP) is 2.25. The van der Waals surface area contributed by atoms with E-state index in [4.69, 9.17) is 4.42 Å². The monoisotopic (exact) mass is 302 g/mol. The van der Waals surface area contributed by atoms with Gasteiger partial charge in [-0.15, -0.1) is 0 Å². The van der Waals surface area contributed by atoms with E-state index >= 15 is 0 Å². The van der Waals surface area contributed by atoms with Crippen LogP contribution in [0.4, 0.5) is 0 Å². The maximum absolute atomic E-state index is 12.0. The van der Waals surface area contributed by atoms with Crippen molar-refractivity contribution in [1.29, 1.82) is 0 Å². The number of hydrogen-bond acceptors (Lipinski definition) is 3. The maximum Gasteiger partial charge on any atom is 0.226 e. The Kier molecular flexibility index (Phi) is 5.71. The Balaban J connectivity index is 2.46. The fraction of sp³-hybridized carbons (Fsp3) is 0.583. The van der Waals surface area contributed by atoms with Crippen molar-refractivity contribution >= 4 is 21.8 Å². The van der Waals surface area contributed by atoms with E-state index in [1.54, 1.807) is 11.9 Å². The summed E-state index contributed by atoms with van der Waals surface area (Å²) in [6, 6.07) is 3.69. The van der Waals surface area contributed by atoms with Gasteiger partial charge in [0.05, 0.1) is 6.54 Å². The summed E-state index contributed by atoms with van der Waals surface area (Å²) in [5.41, 5.74) is 0. The molecule has 96 valence electrons. The number of halogens is 1. The van der Waals surface area contributed by atoms with E-state index < -0.39 is 0 Å². The molecule has 0 aliphatic rings. The van der Waals surface area contributed by atoms with Crippen LogP contribution < -0.4 is 5.32 Å². The quantitative estimate of drug-likeness (QED) is 0.876. The van der Waals surface area contributed by atoms with E-state index in [1.165, 1.54) is 0 Å². The molecule has 0 aromatic carbocycles. The van der Waals surface area contributed by atoms with Gasteiger partial charge in [0, 0.05) is 19.5 Å². The van der Waals surface area contributed by atoms with Gasteiger partial charge in [-0.25, -0.2) is 0 Å². The molecule has 0 spiro atoms. The van der Waals surface area contributed by atoms with Crippen LogP contribution in [0.15, 0.2) is 21.2 Å². The summed E-state index contributed by atoms with van der Waals surface area (Å²) in [6.07, 6.45) is 0. The lowest BCUT2D eigenvalue weighted by Gasteiger charge is -2.20. The molecule has 4 nitrogen and oxygen atoms in total. The third-order valence-electron chi connectivity index (χ3n) is 2.52. The summed E-state index contributed by atoms with van der Waals surface area (Å²) >= 11 is 3.24. The Morgan fingerprint density at radius 2 is 2.29 bits per heavy atom. The lowest BCUT2D eigenvalue weighted by Crippen LogP contribution is -2.36. The molecule has 1 N–H and O–H groups in total. The van der Waals surface area contributed by atoms with Crippen LogP contribution in [-0.2, 0) is 11.3 Å². The van der Waals surface area contributed by atoms with E-state index in [2.05, 4.69) is 21.2 Å².